The molecule has 8 heteroatoms. The van der Waals surface area contributed by atoms with Gasteiger partial charge in [0.25, 0.3) is 0 Å². The Balaban J connectivity index is 1.94. The first-order valence-electron chi connectivity index (χ1n) is 9.73. The molecule has 1 aliphatic heterocycles. The lowest BCUT2D eigenvalue weighted by atomic mass is 9.68. The quantitative estimate of drug-likeness (QED) is 0.690. The van der Waals surface area contributed by atoms with Crippen LogP contribution in [0.5, 0.6) is 5.75 Å². The molecule has 158 valence electrons. The van der Waals surface area contributed by atoms with Gasteiger partial charge in [-0.1, -0.05) is 12.1 Å². The number of hydrogen-bond acceptors (Lipinski definition) is 4. The Kier molecular flexibility index (Phi) is 5.27. The Hall–Kier alpha value is -2.53. The number of benzene rings is 2. The maximum Gasteiger partial charge on any atom is 0.188 e. The van der Waals surface area contributed by atoms with Gasteiger partial charge in [-0.05, 0) is 55.0 Å². The normalized spacial score (nSPS) is 25.5. The van der Waals surface area contributed by atoms with E-state index < -0.39 is 38.8 Å². The van der Waals surface area contributed by atoms with Crippen molar-refractivity contribution in [1.29, 1.82) is 5.26 Å². The molecular weight excluding hydrogens is 415 g/mol. The van der Waals surface area contributed by atoms with Gasteiger partial charge in [-0.3, -0.25) is 0 Å². The van der Waals surface area contributed by atoms with Crippen LogP contribution < -0.4 is 4.74 Å². The highest BCUT2D eigenvalue weighted by atomic mass is 32.2. The fourth-order valence-electron chi connectivity index (χ4n) is 4.89. The maximum absolute atomic E-state index is 15.1. The predicted molar refractivity (Wildman–Crippen MR) is 103 cm³/mol. The first kappa shape index (κ1) is 20.7. The summed E-state index contributed by atoms with van der Waals surface area (Å²) in [6, 6.07) is 9.33. The van der Waals surface area contributed by atoms with E-state index in [4.69, 9.17) is 10.00 Å². The summed E-state index contributed by atoms with van der Waals surface area (Å²) in [6.45, 7) is -0.822. The Bertz CT molecular complexity index is 1110. The predicted octanol–water partition coefficient (Wildman–Crippen LogP) is 4.83. The average molecular weight is 435 g/mol. The van der Waals surface area contributed by atoms with Crippen molar-refractivity contribution in [2.45, 2.75) is 42.0 Å². The third-order valence-electron chi connectivity index (χ3n) is 6.36. The Labute approximate surface area is 173 Å². The van der Waals surface area contributed by atoms with E-state index in [0.717, 1.165) is 12.1 Å². The van der Waals surface area contributed by atoms with Crippen molar-refractivity contribution in [3.05, 3.63) is 59.2 Å². The van der Waals surface area contributed by atoms with Gasteiger partial charge in [-0.2, -0.15) is 5.26 Å². The van der Waals surface area contributed by atoms with Gasteiger partial charge in [-0.15, -0.1) is 0 Å². The van der Waals surface area contributed by atoms with E-state index in [2.05, 4.69) is 6.07 Å². The van der Waals surface area contributed by atoms with E-state index in [0.29, 0.717) is 18.4 Å². The van der Waals surface area contributed by atoms with Crippen LogP contribution >= 0.6 is 0 Å². The number of nitrogens with zero attached hydrogens (tertiary/aromatic N) is 1. The molecule has 0 unspecified atom stereocenters. The standard InChI is InChI=1S/C22H20F3NO3S/c23-12-15-1-3-17(4-2-15)30(27,28)22-9-7-14(8-10-26)11-16(22)13-29-21-19(25)6-5-18(24)20(21)22/h1-6,14,16H,7-9,11-13H2/t14-,16+,22-/m0/s1. The number of hydrogen-bond donors (Lipinski definition) is 0. The molecule has 4 rings (SSSR count). The molecular formula is C22H20F3NO3S. The van der Waals surface area contributed by atoms with Gasteiger partial charge in [0, 0.05) is 12.3 Å². The fraction of sp³-hybridized carbons (Fsp3) is 0.409. The first-order valence-corrected chi connectivity index (χ1v) is 11.2. The number of rotatable bonds is 4. The zero-order valence-electron chi connectivity index (χ0n) is 16.1. The van der Waals surface area contributed by atoms with Crippen molar-refractivity contribution in [2.75, 3.05) is 6.61 Å². The lowest BCUT2D eigenvalue weighted by Crippen LogP contribution is -2.52. The zero-order chi connectivity index (χ0) is 21.5. The minimum absolute atomic E-state index is 0.0426. The van der Waals surface area contributed by atoms with E-state index in [1.807, 2.05) is 0 Å². The minimum Gasteiger partial charge on any atom is -0.490 e. The monoisotopic (exact) mass is 435 g/mol. The second-order valence-electron chi connectivity index (χ2n) is 7.91. The molecule has 0 bridgehead atoms. The van der Waals surface area contributed by atoms with E-state index in [9.17, 15) is 17.2 Å². The van der Waals surface area contributed by atoms with E-state index >= 15 is 4.39 Å². The van der Waals surface area contributed by atoms with E-state index in [1.165, 1.54) is 24.3 Å². The number of nitriles is 1. The molecule has 2 aromatic rings. The molecule has 30 heavy (non-hydrogen) atoms. The Morgan fingerprint density at radius 3 is 2.50 bits per heavy atom. The highest BCUT2D eigenvalue weighted by molar-refractivity contribution is 7.92. The van der Waals surface area contributed by atoms with Crippen LogP contribution in [0.1, 0.15) is 36.8 Å². The van der Waals surface area contributed by atoms with Crippen LogP contribution in [-0.2, 0) is 21.3 Å². The van der Waals surface area contributed by atoms with Crippen molar-refractivity contribution in [3.63, 3.8) is 0 Å². The molecule has 0 spiro atoms. The number of sulfone groups is 1. The van der Waals surface area contributed by atoms with Gasteiger partial charge >= 0.3 is 0 Å². The van der Waals surface area contributed by atoms with Crippen molar-refractivity contribution >= 4 is 9.84 Å². The lowest BCUT2D eigenvalue weighted by Gasteiger charge is -2.48. The third kappa shape index (κ3) is 2.99. The summed E-state index contributed by atoms with van der Waals surface area (Å²) in [7, 11) is -4.19. The molecule has 1 aliphatic carbocycles. The van der Waals surface area contributed by atoms with Gasteiger partial charge in [-0.25, -0.2) is 21.6 Å². The molecule has 0 N–H and O–H groups in total. The van der Waals surface area contributed by atoms with Crippen LogP contribution in [0.2, 0.25) is 0 Å². The van der Waals surface area contributed by atoms with Crippen molar-refractivity contribution in [2.24, 2.45) is 11.8 Å². The summed E-state index contributed by atoms with van der Waals surface area (Å²) in [4.78, 5) is -0.0695. The SMILES string of the molecule is N#CC[C@@H]1CC[C@@]2(S(=O)(=O)c3ccc(CF)cc3)c3c(F)ccc(F)c3OC[C@H]2C1. The fourth-order valence-corrected chi connectivity index (χ4v) is 7.25. The van der Waals surface area contributed by atoms with Crippen molar-refractivity contribution < 1.29 is 26.3 Å². The van der Waals surface area contributed by atoms with Crippen LogP contribution in [0, 0.1) is 34.8 Å². The van der Waals surface area contributed by atoms with Gasteiger partial charge in [0.1, 0.15) is 17.2 Å². The van der Waals surface area contributed by atoms with Crippen LogP contribution in [0.25, 0.3) is 0 Å². The van der Waals surface area contributed by atoms with Crippen LogP contribution in [0.4, 0.5) is 13.2 Å². The molecule has 0 amide bonds. The van der Waals surface area contributed by atoms with Gasteiger partial charge in [0.15, 0.2) is 21.4 Å². The molecule has 2 aromatic carbocycles. The van der Waals surface area contributed by atoms with E-state index in [-0.39, 0.29) is 41.6 Å². The van der Waals surface area contributed by atoms with Crippen LogP contribution in [0.3, 0.4) is 0 Å². The molecule has 0 saturated heterocycles. The summed E-state index contributed by atoms with van der Waals surface area (Å²) in [5, 5.41) is 9.06. The molecule has 1 saturated carbocycles. The Morgan fingerprint density at radius 2 is 1.83 bits per heavy atom. The lowest BCUT2D eigenvalue weighted by molar-refractivity contribution is 0.0992. The number of fused-ring (bicyclic) bond motifs is 3. The highest BCUT2D eigenvalue weighted by Crippen LogP contribution is 2.57. The smallest absolute Gasteiger partial charge is 0.188 e. The summed E-state index contributed by atoms with van der Waals surface area (Å²) >= 11 is 0. The van der Waals surface area contributed by atoms with Crippen molar-refractivity contribution in [1.82, 2.24) is 0 Å². The molecule has 1 heterocycles. The van der Waals surface area contributed by atoms with Crippen LogP contribution in [0.15, 0.2) is 41.3 Å². The maximum atomic E-state index is 15.1. The number of alkyl halides is 1. The zero-order valence-corrected chi connectivity index (χ0v) is 16.9. The topological polar surface area (TPSA) is 67.2 Å². The minimum atomic E-state index is -4.19. The number of ether oxygens (including phenoxy) is 1. The van der Waals surface area contributed by atoms with Gasteiger partial charge in [0.2, 0.25) is 0 Å². The van der Waals surface area contributed by atoms with Gasteiger partial charge < -0.3 is 4.74 Å². The molecule has 0 aromatic heterocycles. The number of halogens is 3. The summed E-state index contributed by atoms with van der Waals surface area (Å²) < 4.78 is 74.1. The van der Waals surface area contributed by atoms with E-state index in [1.54, 1.807) is 0 Å². The highest BCUT2D eigenvalue weighted by Gasteiger charge is 2.59. The summed E-state index contributed by atoms with van der Waals surface area (Å²) in [6.07, 6.45) is 1.05. The largest absolute Gasteiger partial charge is 0.490 e. The average Bonchev–Trinajstić information content (AvgIpc) is 2.75. The second-order valence-corrected chi connectivity index (χ2v) is 10.1. The second kappa shape index (κ2) is 7.62. The Morgan fingerprint density at radius 1 is 1.13 bits per heavy atom. The third-order valence-corrected chi connectivity index (χ3v) is 8.95. The summed E-state index contributed by atoms with van der Waals surface area (Å²) in [5.74, 6) is -2.70. The molecule has 2 aliphatic rings. The molecule has 4 nitrogen and oxygen atoms in total. The molecule has 3 atom stereocenters. The van der Waals surface area contributed by atoms with Gasteiger partial charge in [0.05, 0.1) is 23.1 Å². The molecule has 0 radical (unpaired) electrons. The first-order chi connectivity index (χ1) is 14.3. The summed E-state index contributed by atoms with van der Waals surface area (Å²) in [5.41, 5.74) is 0.0501. The van der Waals surface area contributed by atoms with Crippen LogP contribution in [-0.4, -0.2) is 15.0 Å². The van der Waals surface area contributed by atoms with Crippen molar-refractivity contribution in [3.8, 4) is 11.8 Å². The molecule has 1 fully saturated rings.